The van der Waals surface area contributed by atoms with Gasteiger partial charge in [-0.25, -0.2) is 4.98 Å². The number of nitrogens with zero attached hydrogens (tertiary/aromatic N) is 2. The van der Waals surface area contributed by atoms with E-state index in [1.54, 1.807) is 0 Å². The average Bonchev–Trinajstić information content (AvgIpc) is 2.70. The summed E-state index contributed by atoms with van der Waals surface area (Å²) in [5, 5.41) is 0.928. The lowest BCUT2D eigenvalue weighted by atomic mass is 10.2. The predicted molar refractivity (Wildman–Crippen MR) is 71.7 cm³/mol. The van der Waals surface area contributed by atoms with Crippen LogP contribution >= 0.6 is 38.5 Å². The number of halogens is 2. The van der Waals surface area contributed by atoms with Gasteiger partial charge >= 0.3 is 0 Å². The van der Waals surface area contributed by atoms with Gasteiger partial charge in [0.05, 0.1) is 6.33 Å². The maximum atomic E-state index is 11.5. The SMILES string of the molecule is O=c1[nH]cnc(N2CCCC2CBr)c1I. The maximum Gasteiger partial charge on any atom is 0.266 e. The van der Waals surface area contributed by atoms with Gasteiger partial charge in [0, 0.05) is 17.9 Å². The van der Waals surface area contributed by atoms with E-state index in [0.717, 1.165) is 24.1 Å². The van der Waals surface area contributed by atoms with Crippen LogP contribution in [0.15, 0.2) is 11.1 Å². The summed E-state index contributed by atoms with van der Waals surface area (Å²) in [6.45, 7) is 0.989. The Hall–Kier alpha value is -0.110. The van der Waals surface area contributed by atoms with Crippen molar-refractivity contribution in [2.75, 3.05) is 16.8 Å². The van der Waals surface area contributed by atoms with Gasteiger partial charge in [0.15, 0.2) is 0 Å². The molecule has 1 unspecified atom stereocenters. The molecule has 0 spiro atoms. The molecule has 0 bridgehead atoms. The first-order valence-corrected chi connectivity index (χ1v) is 7.00. The fraction of sp³-hybridized carbons (Fsp3) is 0.556. The molecule has 2 rings (SSSR count). The minimum Gasteiger partial charge on any atom is -0.352 e. The normalized spacial score (nSPS) is 20.9. The third kappa shape index (κ3) is 2.20. The highest BCUT2D eigenvalue weighted by atomic mass is 127. The molecule has 82 valence electrons. The summed E-state index contributed by atoms with van der Waals surface area (Å²) in [5.41, 5.74) is -0.0548. The van der Waals surface area contributed by atoms with E-state index in [-0.39, 0.29) is 5.56 Å². The van der Waals surface area contributed by atoms with Crippen molar-refractivity contribution < 1.29 is 0 Å². The molecule has 1 aromatic rings. The van der Waals surface area contributed by atoms with Gasteiger partial charge in [0.2, 0.25) is 0 Å². The standard InChI is InChI=1S/C9H11BrIN3O/c10-4-6-2-1-3-14(6)8-7(11)9(15)13-5-12-8/h5-6H,1-4H2,(H,12,13,15). The third-order valence-electron chi connectivity index (χ3n) is 2.61. The van der Waals surface area contributed by atoms with Crippen molar-refractivity contribution in [3.05, 3.63) is 20.3 Å². The monoisotopic (exact) mass is 383 g/mol. The Morgan fingerprint density at radius 1 is 1.73 bits per heavy atom. The zero-order valence-corrected chi connectivity index (χ0v) is 11.8. The second-order valence-electron chi connectivity index (χ2n) is 3.51. The van der Waals surface area contributed by atoms with Crippen LogP contribution in [0.5, 0.6) is 0 Å². The van der Waals surface area contributed by atoms with Crippen LogP contribution in [0.3, 0.4) is 0 Å². The molecule has 1 aliphatic heterocycles. The highest BCUT2D eigenvalue weighted by Gasteiger charge is 2.26. The molecule has 1 saturated heterocycles. The zero-order chi connectivity index (χ0) is 10.8. The summed E-state index contributed by atoms with van der Waals surface area (Å²) >= 11 is 5.56. The molecular formula is C9H11BrIN3O. The summed E-state index contributed by atoms with van der Waals surface area (Å²) in [6.07, 6.45) is 3.81. The number of aromatic amines is 1. The van der Waals surface area contributed by atoms with Crippen LogP contribution in [0.25, 0.3) is 0 Å². The summed E-state index contributed by atoms with van der Waals surface area (Å²) in [7, 11) is 0. The van der Waals surface area contributed by atoms with Crippen LogP contribution in [-0.2, 0) is 0 Å². The molecule has 6 heteroatoms. The predicted octanol–water partition coefficient (Wildman–Crippen LogP) is 1.74. The summed E-state index contributed by atoms with van der Waals surface area (Å²) in [5.74, 6) is 0.821. The molecule has 4 nitrogen and oxygen atoms in total. The quantitative estimate of drug-likeness (QED) is 0.625. The van der Waals surface area contributed by atoms with Gasteiger partial charge in [-0.15, -0.1) is 0 Å². The first kappa shape index (κ1) is 11.4. The summed E-state index contributed by atoms with van der Waals surface area (Å²) in [4.78, 5) is 20.5. The highest BCUT2D eigenvalue weighted by Crippen LogP contribution is 2.26. The van der Waals surface area contributed by atoms with Crippen molar-refractivity contribution in [3.63, 3.8) is 0 Å². The number of aromatic nitrogens is 2. The lowest BCUT2D eigenvalue weighted by Gasteiger charge is -2.24. The lowest BCUT2D eigenvalue weighted by molar-refractivity contribution is 0.737. The van der Waals surface area contributed by atoms with Crippen LogP contribution in [0, 0.1) is 3.57 Å². The number of hydrogen-bond acceptors (Lipinski definition) is 3. The van der Waals surface area contributed by atoms with Gasteiger partial charge in [-0.1, -0.05) is 15.9 Å². The first-order chi connectivity index (χ1) is 7.24. The minimum atomic E-state index is -0.0548. The molecular weight excluding hydrogens is 373 g/mol. The summed E-state index contributed by atoms with van der Waals surface area (Å²) in [6, 6.07) is 0.466. The van der Waals surface area contributed by atoms with Crippen LogP contribution in [-0.4, -0.2) is 27.9 Å². The van der Waals surface area contributed by atoms with E-state index < -0.39 is 0 Å². The van der Waals surface area contributed by atoms with E-state index in [4.69, 9.17) is 0 Å². The largest absolute Gasteiger partial charge is 0.352 e. The van der Waals surface area contributed by atoms with Gasteiger partial charge in [-0.05, 0) is 35.4 Å². The fourth-order valence-electron chi connectivity index (χ4n) is 1.85. The van der Waals surface area contributed by atoms with Gasteiger partial charge in [-0.3, -0.25) is 4.79 Å². The van der Waals surface area contributed by atoms with Crippen LogP contribution in [0.4, 0.5) is 5.82 Å². The Labute approximate surface area is 110 Å². The topological polar surface area (TPSA) is 49.0 Å². The third-order valence-corrected chi connectivity index (χ3v) is 4.33. The number of H-pyrrole nitrogens is 1. The molecule has 0 aromatic carbocycles. The Bertz CT molecular complexity index is 409. The van der Waals surface area contributed by atoms with Crippen molar-refractivity contribution in [1.29, 1.82) is 0 Å². The van der Waals surface area contributed by atoms with E-state index in [0.29, 0.717) is 9.61 Å². The van der Waals surface area contributed by atoms with Crippen molar-refractivity contribution in [1.82, 2.24) is 9.97 Å². The Balaban J connectivity index is 2.36. The van der Waals surface area contributed by atoms with Crippen molar-refractivity contribution in [2.24, 2.45) is 0 Å². The highest BCUT2D eigenvalue weighted by molar-refractivity contribution is 14.1. The van der Waals surface area contributed by atoms with Crippen molar-refractivity contribution in [3.8, 4) is 0 Å². The molecule has 2 heterocycles. The Morgan fingerprint density at radius 2 is 2.53 bits per heavy atom. The molecule has 1 aromatic heterocycles. The molecule has 0 radical (unpaired) electrons. The molecule has 0 aliphatic carbocycles. The second kappa shape index (κ2) is 4.82. The van der Waals surface area contributed by atoms with Crippen molar-refractivity contribution >= 4 is 44.3 Å². The smallest absolute Gasteiger partial charge is 0.266 e. The van der Waals surface area contributed by atoms with Crippen molar-refractivity contribution in [2.45, 2.75) is 18.9 Å². The average molecular weight is 384 g/mol. The molecule has 1 N–H and O–H groups in total. The maximum absolute atomic E-state index is 11.5. The van der Waals surface area contributed by atoms with Gasteiger partial charge in [-0.2, -0.15) is 0 Å². The molecule has 0 saturated carbocycles. The van der Waals surface area contributed by atoms with Crippen LogP contribution < -0.4 is 10.5 Å². The minimum absolute atomic E-state index is 0.0548. The van der Waals surface area contributed by atoms with E-state index in [9.17, 15) is 4.79 Å². The van der Waals surface area contributed by atoms with E-state index in [1.165, 1.54) is 12.7 Å². The Kier molecular flexibility index (Phi) is 3.65. The molecule has 15 heavy (non-hydrogen) atoms. The molecule has 1 aliphatic rings. The van der Waals surface area contributed by atoms with Crippen LogP contribution in [0.1, 0.15) is 12.8 Å². The van der Waals surface area contributed by atoms with E-state index >= 15 is 0 Å². The fourth-order valence-corrected chi connectivity index (χ4v) is 3.13. The number of rotatable bonds is 2. The molecule has 1 fully saturated rings. The molecule has 1 atom stereocenters. The van der Waals surface area contributed by atoms with E-state index in [2.05, 4.69) is 53.4 Å². The van der Waals surface area contributed by atoms with Crippen LogP contribution in [0.2, 0.25) is 0 Å². The van der Waals surface area contributed by atoms with Gasteiger partial charge in [0.25, 0.3) is 5.56 Å². The number of nitrogens with one attached hydrogen (secondary N) is 1. The number of anilines is 1. The Morgan fingerprint density at radius 3 is 3.27 bits per heavy atom. The van der Waals surface area contributed by atoms with E-state index in [1.807, 2.05) is 0 Å². The first-order valence-electron chi connectivity index (χ1n) is 4.80. The molecule has 0 amide bonds. The second-order valence-corrected chi connectivity index (χ2v) is 5.24. The number of hydrogen-bond donors (Lipinski definition) is 1. The lowest BCUT2D eigenvalue weighted by Crippen LogP contribution is -2.33. The van der Waals surface area contributed by atoms with Gasteiger partial charge in [0.1, 0.15) is 9.39 Å². The number of alkyl halides is 1. The zero-order valence-electron chi connectivity index (χ0n) is 8.04. The van der Waals surface area contributed by atoms with Gasteiger partial charge < -0.3 is 9.88 Å². The summed E-state index contributed by atoms with van der Waals surface area (Å²) < 4.78 is 0.683.